The van der Waals surface area contributed by atoms with E-state index >= 15 is 0 Å². The minimum atomic E-state index is -1.23. The van der Waals surface area contributed by atoms with Crippen LogP contribution in [0.15, 0.2) is 29.8 Å². The van der Waals surface area contributed by atoms with Crippen LogP contribution in [0.1, 0.15) is 6.42 Å². The Balaban J connectivity index is 2.24. The van der Waals surface area contributed by atoms with Crippen LogP contribution in [0.5, 0.6) is 0 Å². The maximum atomic E-state index is 11.2. The first-order valence-electron chi connectivity index (χ1n) is 5.96. The number of amides is 1. The molecule has 2 aliphatic rings. The summed E-state index contributed by atoms with van der Waals surface area (Å²) in [6, 6.07) is 0. The summed E-state index contributed by atoms with van der Waals surface area (Å²) >= 11 is 0. The second-order valence-electron chi connectivity index (χ2n) is 4.58. The first-order valence-corrected chi connectivity index (χ1v) is 5.96. The zero-order valence-corrected chi connectivity index (χ0v) is 10.6. The second kappa shape index (κ2) is 5.51. The summed E-state index contributed by atoms with van der Waals surface area (Å²) in [5, 5.41) is 24.9. The average molecular weight is 281 g/mol. The predicted octanol–water partition coefficient (Wildman–Crippen LogP) is -0.448. The first-order chi connectivity index (χ1) is 9.56. The molecule has 0 radical (unpaired) electrons. The molecule has 9 nitrogen and oxygen atoms in total. The standard InChI is InChI=1S/C11H15N5O4/c1-7-13-9(19)2-3-16(7)10-4-11(6-18,14-15-12)8(5-17)20-10/h2-3,8,10,17-18H,1,4-6H2,(H,13,19)/t8-,10-,11+/m1/s1. The van der Waals surface area contributed by atoms with Gasteiger partial charge in [0.05, 0.1) is 19.3 Å². The summed E-state index contributed by atoms with van der Waals surface area (Å²) < 4.78 is 5.60. The van der Waals surface area contributed by atoms with Gasteiger partial charge in [-0.25, -0.2) is 0 Å². The van der Waals surface area contributed by atoms with Crippen LogP contribution in [-0.4, -0.2) is 52.1 Å². The molecule has 3 atom stereocenters. The van der Waals surface area contributed by atoms with Gasteiger partial charge in [0.2, 0.25) is 0 Å². The molecule has 0 aromatic rings. The number of aliphatic hydroxyl groups is 2. The molecule has 0 aromatic heterocycles. The van der Waals surface area contributed by atoms with E-state index in [0.29, 0.717) is 5.82 Å². The molecular formula is C11H15N5O4. The van der Waals surface area contributed by atoms with Gasteiger partial charge < -0.3 is 25.2 Å². The van der Waals surface area contributed by atoms with Gasteiger partial charge in [0, 0.05) is 23.6 Å². The lowest BCUT2D eigenvalue weighted by Gasteiger charge is -2.31. The van der Waals surface area contributed by atoms with Crippen molar-refractivity contribution in [3.63, 3.8) is 0 Å². The highest BCUT2D eigenvalue weighted by Gasteiger charge is 2.49. The Morgan fingerprint density at radius 1 is 1.70 bits per heavy atom. The van der Waals surface area contributed by atoms with Crippen molar-refractivity contribution < 1.29 is 19.7 Å². The number of carbonyl (C=O) groups excluding carboxylic acids is 1. The largest absolute Gasteiger partial charge is 0.396 e. The number of aliphatic hydroxyl groups excluding tert-OH is 2. The van der Waals surface area contributed by atoms with Crippen molar-refractivity contribution in [2.24, 2.45) is 5.11 Å². The summed E-state index contributed by atoms with van der Waals surface area (Å²) in [4.78, 5) is 15.4. The highest BCUT2D eigenvalue weighted by Crippen LogP contribution is 2.36. The fraction of sp³-hybridized carbons (Fsp3) is 0.545. The Morgan fingerprint density at radius 3 is 3.00 bits per heavy atom. The van der Waals surface area contributed by atoms with Gasteiger partial charge in [0.15, 0.2) is 0 Å². The number of hydrogen-bond donors (Lipinski definition) is 3. The van der Waals surface area contributed by atoms with E-state index in [0.717, 1.165) is 0 Å². The number of nitrogens with one attached hydrogen (secondary N) is 1. The summed E-state index contributed by atoms with van der Waals surface area (Å²) in [7, 11) is 0. The van der Waals surface area contributed by atoms with Crippen LogP contribution in [0.2, 0.25) is 0 Å². The molecule has 1 saturated heterocycles. The fourth-order valence-corrected chi connectivity index (χ4v) is 2.32. The van der Waals surface area contributed by atoms with E-state index in [1.807, 2.05) is 0 Å². The molecule has 0 bridgehead atoms. The molecule has 2 heterocycles. The average Bonchev–Trinajstić information content (AvgIpc) is 2.78. The van der Waals surface area contributed by atoms with E-state index in [2.05, 4.69) is 21.9 Å². The number of rotatable bonds is 4. The molecule has 0 aromatic carbocycles. The van der Waals surface area contributed by atoms with Crippen LogP contribution in [0.3, 0.4) is 0 Å². The second-order valence-corrected chi connectivity index (χ2v) is 4.58. The van der Waals surface area contributed by atoms with Gasteiger partial charge >= 0.3 is 0 Å². The van der Waals surface area contributed by atoms with Crippen molar-refractivity contribution in [2.75, 3.05) is 13.2 Å². The highest BCUT2D eigenvalue weighted by molar-refractivity contribution is 5.89. The minimum Gasteiger partial charge on any atom is -0.396 e. The molecule has 0 spiro atoms. The molecule has 0 unspecified atom stereocenters. The Labute approximate surface area is 114 Å². The third kappa shape index (κ3) is 2.35. The van der Waals surface area contributed by atoms with Crippen molar-refractivity contribution in [1.29, 1.82) is 0 Å². The number of azide groups is 1. The molecule has 108 valence electrons. The van der Waals surface area contributed by atoms with Gasteiger partial charge in [0.25, 0.3) is 5.91 Å². The van der Waals surface area contributed by atoms with E-state index in [9.17, 15) is 15.0 Å². The van der Waals surface area contributed by atoms with Gasteiger partial charge in [0.1, 0.15) is 17.6 Å². The maximum Gasteiger partial charge on any atom is 0.250 e. The fourth-order valence-electron chi connectivity index (χ4n) is 2.32. The van der Waals surface area contributed by atoms with E-state index in [1.54, 1.807) is 4.90 Å². The third-order valence-electron chi connectivity index (χ3n) is 3.41. The van der Waals surface area contributed by atoms with E-state index in [1.165, 1.54) is 12.3 Å². The topological polar surface area (TPSA) is 131 Å². The molecule has 0 saturated carbocycles. The summed E-state index contributed by atoms with van der Waals surface area (Å²) in [5.41, 5.74) is 7.40. The number of nitrogens with zero attached hydrogens (tertiary/aromatic N) is 4. The van der Waals surface area contributed by atoms with Gasteiger partial charge in [-0.1, -0.05) is 11.7 Å². The van der Waals surface area contributed by atoms with E-state index in [4.69, 9.17) is 10.3 Å². The normalized spacial score (nSPS) is 33.0. The van der Waals surface area contributed by atoms with Gasteiger partial charge in [-0.3, -0.25) is 4.79 Å². The molecular weight excluding hydrogens is 266 g/mol. The van der Waals surface area contributed by atoms with Gasteiger partial charge in [-0.05, 0) is 5.53 Å². The summed E-state index contributed by atoms with van der Waals surface area (Å²) in [5.74, 6) is 0.0142. The van der Waals surface area contributed by atoms with Crippen LogP contribution >= 0.6 is 0 Å². The monoisotopic (exact) mass is 281 g/mol. The van der Waals surface area contributed by atoms with Crippen molar-refractivity contribution in [3.8, 4) is 0 Å². The molecule has 1 fully saturated rings. The van der Waals surface area contributed by atoms with E-state index < -0.39 is 31.1 Å². The zero-order chi connectivity index (χ0) is 14.8. The van der Waals surface area contributed by atoms with Crippen molar-refractivity contribution in [2.45, 2.75) is 24.3 Å². The molecule has 2 rings (SSSR count). The van der Waals surface area contributed by atoms with Crippen molar-refractivity contribution >= 4 is 5.91 Å². The Bertz CT molecular complexity index is 501. The Morgan fingerprint density at radius 2 is 2.45 bits per heavy atom. The summed E-state index contributed by atoms with van der Waals surface area (Å²) in [6.07, 6.45) is 1.53. The molecule has 3 N–H and O–H groups in total. The molecule has 2 aliphatic heterocycles. The summed E-state index contributed by atoms with van der Waals surface area (Å²) in [6.45, 7) is 2.85. The van der Waals surface area contributed by atoms with Crippen LogP contribution in [-0.2, 0) is 9.53 Å². The lowest BCUT2D eigenvalue weighted by atomic mass is 9.92. The predicted molar refractivity (Wildman–Crippen MR) is 67.6 cm³/mol. The van der Waals surface area contributed by atoms with Crippen LogP contribution in [0.25, 0.3) is 10.4 Å². The number of carbonyl (C=O) groups is 1. The maximum absolute atomic E-state index is 11.2. The van der Waals surface area contributed by atoms with Gasteiger partial charge in [-0.15, -0.1) is 0 Å². The smallest absolute Gasteiger partial charge is 0.250 e. The van der Waals surface area contributed by atoms with E-state index in [-0.39, 0.29) is 12.3 Å². The molecule has 1 amide bonds. The van der Waals surface area contributed by atoms with Gasteiger partial charge in [-0.2, -0.15) is 0 Å². The van der Waals surface area contributed by atoms with Crippen LogP contribution < -0.4 is 5.32 Å². The minimum absolute atomic E-state index is 0.165. The molecule has 0 aliphatic carbocycles. The Hall–Kier alpha value is -2.06. The van der Waals surface area contributed by atoms with Crippen molar-refractivity contribution in [1.82, 2.24) is 10.2 Å². The third-order valence-corrected chi connectivity index (χ3v) is 3.41. The Kier molecular flexibility index (Phi) is 3.96. The van der Waals surface area contributed by atoms with Crippen LogP contribution in [0, 0.1) is 0 Å². The highest BCUT2D eigenvalue weighted by atomic mass is 16.5. The lowest BCUT2D eigenvalue weighted by Crippen LogP contribution is -2.42. The zero-order valence-electron chi connectivity index (χ0n) is 10.6. The molecule has 9 heteroatoms. The number of hydrogen-bond acceptors (Lipinski definition) is 6. The van der Waals surface area contributed by atoms with Crippen molar-refractivity contribution in [3.05, 3.63) is 35.1 Å². The quantitative estimate of drug-likeness (QED) is 0.365. The SMILES string of the molecule is C=C1NC(=O)C=CN1[C@H]1C[C@@](CO)(N=[N+]=[N-])[C@@H](CO)O1. The van der Waals surface area contributed by atoms with Crippen LogP contribution in [0.4, 0.5) is 0 Å². The first kappa shape index (κ1) is 14.4. The molecule has 20 heavy (non-hydrogen) atoms. The lowest BCUT2D eigenvalue weighted by molar-refractivity contribution is -0.117. The number of ether oxygens (including phenoxy) is 1.